The first kappa shape index (κ1) is 13.8. The second-order valence-electron chi connectivity index (χ2n) is 5.11. The molecule has 0 bridgehead atoms. The highest BCUT2D eigenvalue weighted by molar-refractivity contribution is 6.16. The average Bonchev–Trinajstić information content (AvgIpc) is 2.92. The summed E-state index contributed by atoms with van der Waals surface area (Å²) in [6.45, 7) is 4.14. The van der Waals surface area contributed by atoms with Crippen LogP contribution in [0.25, 0.3) is 17.1 Å². The third-order valence-electron chi connectivity index (χ3n) is 3.42. The van der Waals surface area contributed by atoms with Gasteiger partial charge in [0.1, 0.15) is 0 Å². The smallest absolute Gasteiger partial charge is 0.168 e. The summed E-state index contributed by atoms with van der Waals surface area (Å²) in [5.74, 6) is 1.89. The van der Waals surface area contributed by atoms with Gasteiger partial charge in [-0.3, -0.25) is 4.57 Å². The first-order valence-corrected chi connectivity index (χ1v) is 7.37. The predicted molar refractivity (Wildman–Crippen MR) is 85.8 cm³/mol. The molecule has 0 fully saturated rings. The fraction of sp³-hybridized carbons (Fsp3) is 0.176. The van der Waals surface area contributed by atoms with Crippen molar-refractivity contribution in [3.8, 4) is 17.1 Å². The van der Waals surface area contributed by atoms with Crippen molar-refractivity contribution in [2.45, 2.75) is 19.7 Å². The fourth-order valence-corrected chi connectivity index (χ4v) is 2.50. The lowest BCUT2D eigenvalue weighted by Gasteiger charge is -2.10. The monoisotopic (exact) mass is 297 g/mol. The molecule has 2 aromatic carbocycles. The fourth-order valence-electron chi connectivity index (χ4n) is 2.33. The Balaban J connectivity index is 2.19. The van der Waals surface area contributed by atoms with Crippen molar-refractivity contribution in [2.24, 2.45) is 0 Å². The minimum absolute atomic E-state index is 0.326. The van der Waals surface area contributed by atoms with Crippen molar-refractivity contribution in [3.05, 3.63) is 65.5 Å². The number of alkyl halides is 1. The number of nitrogens with zero attached hydrogens (tertiary/aromatic N) is 3. The standard InChI is InChI=1S/C17H16ClN3/c1-12-6-8-14(9-7-12)17-20-19-16(11-18)21(17)15-5-3-4-13(2)10-15/h3-10H,11H2,1-2H3. The number of halogens is 1. The Hall–Kier alpha value is -2.13. The van der Waals surface area contributed by atoms with Gasteiger partial charge >= 0.3 is 0 Å². The predicted octanol–water partition coefficient (Wildman–Crippen LogP) is 4.29. The Labute approximate surface area is 129 Å². The van der Waals surface area contributed by atoms with Crippen LogP contribution in [0.4, 0.5) is 0 Å². The van der Waals surface area contributed by atoms with Crippen molar-refractivity contribution in [2.75, 3.05) is 0 Å². The van der Waals surface area contributed by atoms with Gasteiger partial charge in [0, 0.05) is 11.3 Å². The lowest BCUT2D eigenvalue weighted by atomic mass is 10.1. The number of benzene rings is 2. The molecule has 0 amide bonds. The van der Waals surface area contributed by atoms with E-state index in [0.29, 0.717) is 5.88 Å². The van der Waals surface area contributed by atoms with E-state index < -0.39 is 0 Å². The van der Waals surface area contributed by atoms with Gasteiger partial charge in [-0.1, -0.05) is 42.0 Å². The third-order valence-corrected chi connectivity index (χ3v) is 3.66. The summed E-state index contributed by atoms with van der Waals surface area (Å²) in [7, 11) is 0. The van der Waals surface area contributed by atoms with Crippen LogP contribution in [0, 0.1) is 13.8 Å². The maximum Gasteiger partial charge on any atom is 0.168 e. The normalized spacial score (nSPS) is 10.8. The van der Waals surface area contributed by atoms with Gasteiger partial charge < -0.3 is 0 Å². The van der Waals surface area contributed by atoms with Crippen LogP contribution < -0.4 is 0 Å². The minimum atomic E-state index is 0.326. The van der Waals surface area contributed by atoms with Gasteiger partial charge in [-0.15, -0.1) is 21.8 Å². The molecule has 0 radical (unpaired) electrons. The Kier molecular flexibility index (Phi) is 3.76. The van der Waals surface area contributed by atoms with Gasteiger partial charge in [0.2, 0.25) is 0 Å². The van der Waals surface area contributed by atoms with Crippen LogP contribution in [0.3, 0.4) is 0 Å². The highest BCUT2D eigenvalue weighted by Gasteiger charge is 2.14. The highest BCUT2D eigenvalue weighted by atomic mass is 35.5. The Morgan fingerprint density at radius 3 is 2.38 bits per heavy atom. The van der Waals surface area contributed by atoms with Crippen molar-refractivity contribution in [1.29, 1.82) is 0 Å². The molecular formula is C17H16ClN3. The molecule has 0 aliphatic heterocycles. The summed E-state index contributed by atoms with van der Waals surface area (Å²) < 4.78 is 2.02. The van der Waals surface area contributed by atoms with E-state index in [9.17, 15) is 0 Å². The van der Waals surface area contributed by atoms with Crippen LogP contribution in [0.1, 0.15) is 17.0 Å². The van der Waals surface area contributed by atoms with Crippen LogP contribution in [-0.4, -0.2) is 14.8 Å². The summed E-state index contributed by atoms with van der Waals surface area (Å²) in [4.78, 5) is 0. The highest BCUT2D eigenvalue weighted by Crippen LogP contribution is 2.24. The van der Waals surface area contributed by atoms with Crippen molar-refractivity contribution < 1.29 is 0 Å². The number of aryl methyl sites for hydroxylation is 2. The first-order valence-electron chi connectivity index (χ1n) is 6.83. The molecule has 0 unspecified atom stereocenters. The molecule has 0 aliphatic carbocycles. The topological polar surface area (TPSA) is 30.7 Å². The molecule has 0 saturated carbocycles. The van der Waals surface area contributed by atoms with Crippen LogP contribution in [-0.2, 0) is 5.88 Å². The number of aromatic nitrogens is 3. The second-order valence-corrected chi connectivity index (χ2v) is 5.38. The maximum atomic E-state index is 6.02. The van der Waals surface area contributed by atoms with Crippen LogP contribution in [0.2, 0.25) is 0 Å². The van der Waals surface area contributed by atoms with Gasteiger partial charge in [-0.2, -0.15) is 0 Å². The molecule has 3 rings (SSSR count). The van der Waals surface area contributed by atoms with E-state index in [4.69, 9.17) is 11.6 Å². The molecule has 0 N–H and O–H groups in total. The summed E-state index contributed by atoms with van der Waals surface area (Å²) in [6, 6.07) is 16.5. The van der Waals surface area contributed by atoms with Gasteiger partial charge in [-0.25, -0.2) is 0 Å². The molecule has 3 aromatic rings. The van der Waals surface area contributed by atoms with E-state index in [2.05, 4.69) is 60.4 Å². The SMILES string of the molecule is Cc1ccc(-c2nnc(CCl)n2-c2cccc(C)c2)cc1. The Morgan fingerprint density at radius 2 is 1.71 bits per heavy atom. The van der Waals surface area contributed by atoms with Crippen LogP contribution in [0.15, 0.2) is 48.5 Å². The van der Waals surface area contributed by atoms with E-state index in [-0.39, 0.29) is 0 Å². The molecule has 1 aromatic heterocycles. The lowest BCUT2D eigenvalue weighted by Crippen LogP contribution is -2.02. The van der Waals surface area contributed by atoms with Crippen molar-refractivity contribution in [3.63, 3.8) is 0 Å². The molecule has 0 spiro atoms. The number of hydrogen-bond donors (Lipinski definition) is 0. The molecule has 3 nitrogen and oxygen atoms in total. The van der Waals surface area contributed by atoms with Crippen molar-refractivity contribution in [1.82, 2.24) is 14.8 Å². The Morgan fingerprint density at radius 1 is 0.952 bits per heavy atom. The van der Waals surface area contributed by atoms with E-state index in [1.165, 1.54) is 11.1 Å². The zero-order valence-electron chi connectivity index (χ0n) is 12.0. The van der Waals surface area contributed by atoms with Crippen molar-refractivity contribution >= 4 is 11.6 Å². The third kappa shape index (κ3) is 2.69. The number of rotatable bonds is 3. The van der Waals surface area contributed by atoms with E-state index in [1.54, 1.807) is 0 Å². The van der Waals surface area contributed by atoms with Gasteiger partial charge in [0.05, 0.1) is 5.88 Å². The van der Waals surface area contributed by atoms with E-state index in [1.807, 2.05) is 16.7 Å². The first-order chi connectivity index (χ1) is 10.2. The Bertz CT molecular complexity index is 760. The molecular weight excluding hydrogens is 282 g/mol. The van der Waals surface area contributed by atoms with E-state index in [0.717, 1.165) is 22.9 Å². The average molecular weight is 298 g/mol. The number of hydrogen-bond acceptors (Lipinski definition) is 2. The molecule has 1 heterocycles. The zero-order valence-corrected chi connectivity index (χ0v) is 12.8. The van der Waals surface area contributed by atoms with Gasteiger partial charge in [0.15, 0.2) is 11.6 Å². The molecule has 0 atom stereocenters. The molecule has 21 heavy (non-hydrogen) atoms. The zero-order chi connectivity index (χ0) is 14.8. The van der Waals surface area contributed by atoms with Gasteiger partial charge in [0.25, 0.3) is 0 Å². The molecule has 4 heteroatoms. The largest absolute Gasteiger partial charge is 0.278 e. The van der Waals surface area contributed by atoms with E-state index >= 15 is 0 Å². The summed E-state index contributed by atoms with van der Waals surface area (Å²) in [5, 5.41) is 8.54. The lowest BCUT2D eigenvalue weighted by molar-refractivity contribution is 0.952. The van der Waals surface area contributed by atoms with Gasteiger partial charge in [-0.05, 0) is 31.5 Å². The summed E-state index contributed by atoms with van der Waals surface area (Å²) >= 11 is 6.02. The second kappa shape index (κ2) is 5.70. The van der Waals surface area contributed by atoms with Crippen LogP contribution >= 0.6 is 11.6 Å². The molecule has 106 valence electrons. The minimum Gasteiger partial charge on any atom is -0.278 e. The maximum absolute atomic E-state index is 6.02. The quantitative estimate of drug-likeness (QED) is 0.675. The molecule has 0 saturated heterocycles. The summed E-state index contributed by atoms with van der Waals surface area (Å²) in [5.41, 5.74) is 4.48. The van der Waals surface area contributed by atoms with Crippen LogP contribution in [0.5, 0.6) is 0 Å². The molecule has 0 aliphatic rings. The summed E-state index contributed by atoms with van der Waals surface area (Å²) in [6.07, 6.45) is 0.